The maximum atomic E-state index is 11.6. The molecule has 164 valence electrons. The average Bonchev–Trinajstić information content (AvgIpc) is 3.18. The number of carbonyl (C=O) groups is 1. The molecule has 2 aromatic rings. The third-order valence-electron chi connectivity index (χ3n) is 5.26. The summed E-state index contributed by atoms with van der Waals surface area (Å²) in [6, 6.07) is 5.46. The number of nitrogens with one attached hydrogen (secondary N) is 1. The molecule has 0 aliphatic carbocycles. The van der Waals surface area contributed by atoms with E-state index in [1.165, 1.54) is 7.11 Å². The van der Waals surface area contributed by atoms with Crippen LogP contribution >= 0.6 is 11.6 Å². The van der Waals surface area contributed by atoms with Gasteiger partial charge in [0.25, 0.3) is 0 Å². The fraction of sp³-hybridized carbons (Fsp3) is 0.333. The van der Waals surface area contributed by atoms with Crippen molar-refractivity contribution in [2.45, 2.75) is 26.4 Å². The first-order chi connectivity index (χ1) is 14.9. The second-order valence-corrected chi connectivity index (χ2v) is 7.77. The zero-order valence-corrected chi connectivity index (χ0v) is 19.0. The van der Waals surface area contributed by atoms with E-state index in [0.717, 1.165) is 16.0 Å². The summed E-state index contributed by atoms with van der Waals surface area (Å²) in [4.78, 5) is 16.4. The number of halogens is 1. The summed E-state index contributed by atoms with van der Waals surface area (Å²) in [6.07, 6.45) is 6.00. The zero-order chi connectivity index (χ0) is 22.5. The van der Waals surface area contributed by atoms with Crippen LogP contribution in [0.4, 0.5) is 0 Å². The van der Waals surface area contributed by atoms with E-state index in [1.54, 1.807) is 13.2 Å². The third-order valence-corrected chi connectivity index (χ3v) is 5.55. The van der Waals surface area contributed by atoms with Gasteiger partial charge in [0.1, 0.15) is 6.10 Å². The van der Waals surface area contributed by atoms with Gasteiger partial charge in [-0.2, -0.15) is 0 Å². The van der Waals surface area contributed by atoms with Crippen molar-refractivity contribution < 1.29 is 19.0 Å². The number of allylic oxidation sites excluding steroid dienone is 2. The fourth-order valence-electron chi connectivity index (χ4n) is 3.49. The minimum absolute atomic E-state index is 0.0423. The van der Waals surface area contributed by atoms with Gasteiger partial charge in [0.05, 0.1) is 24.9 Å². The quantitative estimate of drug-likeness (QED) is 0.713. The van der Waals surface area contributed by atoms with E-state index >= 15 is 0 Å². The molecule has 1 aromatic heterocycles. The number of methoxy groups -OCH3 is 2. The van der Waals surface area contributed by atoms with Crippen molar-refractivity contribution >= 4 is 30.2 Å². The van der Waals surface area contributed by atoms with Crippen LogP contribution in [0.25, 0.3) is 23.9 Å². The predicted molar refractivity (Wildman–Crippen MR) is 123 cm³/mol. The molecule has 1 fully saturated rings. The summed E-state index contributed by atoms with van der Waals surface area (Å²) in [5, 5.41) is 4.82. The van der Waals surface area contributed by atoms with Crippen molar-refractivity contribution in [2.24, 2.45) is 5.92 Å². The second-order valence-electron chi connectivity index (χ2n) is 7.36. The van der Waals surface area contributed by atoms with Crippen LogP contribution in [-0.4, -0.2) is 37.8 Å². The van der Waals surface area contributed by atoms with E-state index in [0.29, 0.717) is 41.1 Å². The Morgan fingerprint density at radius 1 is 1.29 bits per heavy atom. The summed E-state index contributed by atoms with van der Waals surface area (Å²) in [5.41, 5.74) is 1.40. The molecule has 0 spiro atoms. The number of aromatic nitrogens is 1. The smallest absolute Gasteiger partial charge is 0.222 e. The molecule has 1 aliphatic rings. The minimum Gasteiger partial charge on any atom is -0.493 e. The second kappa shape index (κ2) is 9.88. The normalized spacial score (nSPS) is 17.6. The van der Waals surface area contributed by atoms with Gasteiger partial charge in [-0.05, 0) is 43.3 Å². The van der Waals surface area contributed by atoms with Crippen molar-refractivity contribution in [1.29, 1.82) is 0 Å². The van der Waals surface area contributed by atoms with Crippen LogP contribution in [0.2, 0.25) is 5.02 Å². The molecule has 7 heteroatoms. The number of carbonyl (C=O) groups excluding carboxylic acids is 1. The van der Waals surface area contributed by atoms with Crippen molar-refractivity contribution in [3.63, 3.8) is 0 Å². The molecule has 3 rings (SSSR count). The average molecular weight is 443 g/mol. The molecule has 2 heterocycles. The highest BCUT2D eigenvalue weighted by Gasteiger charge is 2.28. The summed E-state index contributed by atoms with van der Waals surface area (Å²) >= 11 is 6.39. The van der Waals surface area contributed by atoms with Gasteiger partial charge in [0.2, 0.25) is 11.8 Å². The molecule has 31 heavy (non-hydrogen) atoms. The first-order valence-electron chi connectivity index (χ1n) is 10.1. The van der Waals surface area contributed by atoms with Crippen LogP contribution in [0.5, 0.6) is 17.4 Å². The maximum Gasteiger partial charge on any atom is 0.222 e. The fourth-order valence-corrected chi connectivity index (χ4v) is 3.78. The van der Waals surface area contributed by atoms with Crippen molar-refractivity contribution in [3.8, 4) is 28.6 Å². The van der Waals surface area contributed by atoms with E-state index < -0.39 is 0 Å². The van der Waals surface area contributed by atoms with Crippen LogP contribution in [0.3, 0.4) is 0 Å². The van der Waals surface area contributed by atoms with Gasteiger partial charge < -0.3 is 19.5 Å². The van der Waals surface area contributed by atoms with Crippen LogP contribution in [0, 0.1) is 5.92 Å². The molecule has 1 aromatic carbocycles. The van der Waals surface area contributed by atoms with Crippen molar-refractivity contribution in [3.05, 3.63) is 45.8 Å². The first kappa shape index (κ1) is 22.7. The summed E-state index contributed by atoms with van der Waals surface area (Å²) in [5.74, 6) is 1.55. The Morgan fingerprint density at radius 3 is 2.68 bits per heavy atom. The van der Waals surface area contributed by atoms with Gasteiger partial charge in [0, 0.05) is 29.7 Å². The largest absolute Gasteiger partial charge is 0.493 e. The van der Waals surface area contributed by atoms with E-state index in [-0.39, 0.29) is 17.9 Å². The number of hydrogen-bond acceptors (Lipinski definition) is 5. The molecule has 0 radical (unpaired) electrons. The Bertz CT molecular complexity index is 1110. The van der Waals surface area contributed by atoms with Gasteiger partial charge in [-0.15, -0.1) is 0 Å². The standard InChI is InChI=1S/C24H27ClN2O4/c1-6-7-8-18-14(2)9-20(16-10-19(25)23(30-5)21(11-16)29-4)27-24(18)31-15(3)17-12-22(28)26-13-17/h6-11,15,17H,2,12-13H2,1,3-5H3,(H,26,28)/b7-6-,18-8+/t15-,17-/m1/s1. The monoisotopic (exact) mass is 442 g/mol. The molecular weight excluding hydrogens is 416 g/mol. The molecule has 1 amide bonds. The Hall–Kier alpha value is -2.99. The third kappa shape index (κ3) is 5.02. The van der Waals surface area contributed by atoms with Gasteiger partial charge in [-0.25, -0.2) is 4.98 Å². The highest BCUT2D eigenvalue weighted by atomic mass is 35.5. The maximum absolute atomic E-state index is 11.6. The van der Waals surface area contributed by atoms with Gasteiger partial charge in [-0.1, -0.05) is 30.3 Å². The van der Waals surface area contributed by atoms with E-state index in [2.05, 4.69) is 11.9 Å². The first-order valence-corrected chi connectivity index (χ1v) is 10.4. The molecule has 0 saturated carbocycles. The molecule has 0 bridgehead atoms. The zero-order valence-electron chi connectivity index (χ0n) is 18.2. The van der Waals surface area contributed by atoms with E-state index in [9.17, 15) is 4.79 Å². The lowest BCUT2D eigenvalue weighted by Gasteiger charge is -2.20. The van der Waals surface area contributed by atoms with Gasteiger partial charge in [0.15, 0.2) is 11.5 Å². The highest BCUT2D eigenvalue weighted by Crippen LogP contribution is 2.38. The summed E-state index contributed by atoms with van der Waals surface area (Å²) < 4.78 is 17.0. The Balaban J connectivity index is 2.09. The Morgan fingerprint density at radius 2 is 2.06 bits per heavy atom. The molecule has 1 N–H and O–H groups in total. The van der Waals surface area contributed by atoms with Crippen LogP contribution < -0.4 is 30.0 Å². The number of rotatable bonds is 7. The number of benzene rings is 1. The van der Waals surface area contributed by atoms with Gasteiger partial charge >= 0.3 is 0 Å². The lowest BCUT2D eigenvalue weighted by Crippen LogP contribution is -2.32. The van der Waals surface area contributed by atoms with Crippen molar-refractivity contribution in [1.82, 2.24) is 10.3 Å². The van der Waals surface area contributed by atoms with Crippen LogP contribution in [0.1, 0.15) is 20.3 Å². The van der Waals surface area contributed by atoms with Crippen LogP contribution in [0.15, 0.2) is 30.4 Å². The van der Waals surface area contributed by atoms with Gasteiger partial charge in [-0.3, -0.25) is 4.79 Å². The molecule has 0 unspecified atom stereocenters. The number of nitrogens with zero attached hydrogens (tertiary/aromatic N) is 1. The van der Waals surface area contributed by atoms with E-state index in [4.69, 9.17) is 30.8 Å². The Kier molecular flexibility index (Phi) is 7.23. The highest BCUT2D eigenvalue weighted by molar-refractivity contribution is 6.32. The summed E-state index contributed by atoms with van der Waals surface area (Å²) in [7, 11) is 3.10. The molecular formula is C24H27ClN2O4. The topological polar surface area (TPSA) is 69.7 Å². The summed E-state index contributed by atoms with van der Waals surface area (Å²) in [6.45, 7) is 8.68. The predicted octanol–water partition coefficient (Wildman–Crippen LogP) is 3.09. The minimum atomic E-state index is -0.201. The lowest BCUT2D eigenvalue weighted by molar-refractivity contribution is -0.119. The number of hydrogen-bond donors (Lipinski definition) is 1. The molecule has 6 nitrogen and oxygen atoms in total. The lowest BCUT2D eigenvalue weighted by atomic mass is 10.0. The van der Waals surface area contributed by atoms with Crippen LogP contribution in [-0.2, 0) is 4.79 Å². The molecule has 2 atom stereocenters. The molecule has 1 aliphatic heterocycles. The number of ether oxygens (including phenoxy) is 3. The number of pyridine rings is 1. The SMILES string of the molecule is C=c1cc(-c2cc(Cl)c(OC)c(OC)c2)nc(O[C@H](C)[C@H]2CNC(=O)C2)/c1=C/C=C\C. The van der Waals surface area contributed by atoms with E-state index in [1.807, 2.05) is 44.2 Å². The Labute approximate surface area is 187 Å². The van der Waals surface area contributed by atoms with Crippen molar-refractivity contribution in [2.75, 3.05) is 20.8 Å². The number of amides is 1. The molecule has 1 saturated heterocycles.